The second-order valence-corrected chi connectivity index (χ2v) is 5.00. The first-order chi connectivity index (χ1) is 7.63. The van der Waals surface area contributed by atoms with Crippen molar-refractivity contribution in [2.24, 2.45) is 11.8 Å². The van der Waals surface area contributed by atoms with E-state index in [1.165, 1.54) is 18.4 Å². The Morgan fingerprint density at radius 3 is 2.25 bits per heavy atom. The van der Waals surface area contributed by atoms with Crippen LogP contribution >= 0.6 is 0 Å². The van der Waals surface area contributed by atoms with Crippen LogP contribution in [-0.2, 0) is 0 Å². The van der Waals surface area contributed by atoms with Crippen molar-refractivity contribution in [1.29, 1.82) is 0 Å². The number of rotatable bonds is 5. The molecule has 0 aromatic heterocycles. The van der Waals surface area contributed by atoms with Crippen LogP contribution in [-0.4, -0.2) is 0 Å². The van der Waals surface area contributed by atoms with Gasteiger partial charge in [0, 0.05) is 0 Å². The zero-order chi connectivity index (χ0) is 12.0. The van der Waals surface area contributed by atoms with Crippen LogP contribution in [0.2, 0.25) is 0 Å². The van der Waals surface area contributed by atoms with Crippen LogP contribution in [0.3, 0.4) is 0 Å². The van der Waals surface area contributed by atoms with Crippen molar-refractivity contribution in [3.8, 4) is 0 Å². The van der Waals surface area contributed by atoms with Gasteiger partial charge in [0.1, 0.15) is 0 Å². The molecular weight excluding hydrogens is 192 g/mol. The van der Waals surface area contributed by atoms with Crippen LogP contribution in [0.1, 0.15) is 46.1 Å². The van der Waals surface area contributed by atoms with Crippen LogP contribution in [0.25, 0.3) is 6.08 Å². The van der Waals surface area contributed by atoms with Gasteiger partial charge in [0.25, 0.3) is 0 Å². The summed E-state index contributed by atoms with van der Waals surface area (Å²) < 4.78 is 0. The van der Waals surface area contributed by atoms with E-state index in [-0.39, 0.29) is 0 Å². The summed E-state index contributed by atoms with van der Waals surface area (Å²) in [5.74, 6) is 1.44. The third-order valence-corrected chi connectivity index (χ3v) is 3.17. The average Bonchev–Trinajstić information content (AvgIpc) is 2.29. The summed E-state index contributed by atoms with van der Waals surface area (Å²) in [6, 6.07) is 10.6. The van der Waals surface area contributed by atoms with Gasteiger partial charge in [-0.2, -0.15) is 0 Å². The van der Waals surface area contributed by atoms with Gasteiger partial charge in [-0.15, -0.1) is 0 Å². The number of hydrogen-bond donors (Lipinski definition) is 0. The molecule has 0 amide bonds. The van der Waals surface area contributed by atoms with Gasteiger partial charge >= 0.3 is 0 Å². The first-order valence-electron chi connectivity index (χ1n) is 6.39. The van der Waals surface area contributed by atoms with Crippen molar-refractivity contribution in [2.45, 2.75) is 40.5 Å². The maximum atomic E-state index is 2.36. The molecule has 0 aliphatic rings. The highest BCUT2D eigenvalue weighted by Gasteiger charge is 2.07. The lowest BCUT2D eigenvalue weighted by atomic mass is 9.90. The van der Waals surface area contributed by atoms with Crippen LogP contribution < -0.4 is 0 Å². The summed E-state index contributed by atoms with van der Waals surface area (Å²) in [5.41, 5.74) is 2.90. The highest BCUT2D eigenvalue weighted by atomic mass is 14.1. The van der Waals surface area contributed by atoms with E-state index in [0.717, 1.165) is 5.92 Å². The molecule has 0 radical (unpaired) electrons. The molecule has 88 valence electrons. The quantitative estimate of drug-likeness (QED) is 0.637. The first kappa shape index (κ1) is 13.0. The first-order valence-corrected chi connectivity index (χ1v) is 6.39. The number of hydrogen-bond acceptors (Lipinski definition) is 0. The predicted molar refractivity (Wildman–Crippen MR) is 73.3 cm³/mol. The van der Waals surface area contributed by atoms with E-state index in [2.05, 4.69) is 64.1 Å². The summed E-state index contributed by atoms with van der Waals surface area (Å²) in [7, 11) is 0. The minimum atomic E-state index is 0.647. The minimum absolute atomic E-state index is 0.647. The smallest absolute Gasteiger partial charge is 0.0257 e. The monoisotopic (exact) mass is 216 g/mol. The topological polar surface area (TPSA) is 0 Å². The van der Waals surface area contributed by atoms with E-state index >= 15 is 0 Å². The molecule has 1 aromatic rings. The zero-order valence-electron chi connectivity index (χ0n) is 11.0. The molecule has 1 atom stereocenters. The Morgan fingerprint density at radius 1 is 1.12 bits per heavy atom. The Morgan fingerprint density at radius 2 is 1.75 bits per heavy atom. The second kappa shape index (κ2) is 6.52. The highest BCUT2D eigenvalue weighted by molar-refractivity contribution is 5.53. The molecule has 0 saturated carbocycles. The maximum Gasteiger partial charge on any atom is -0.0257 e. The lowest BCUT2D eigenvalue weighted by Crippen LogP contribution is -2.01. The minimum Gasteiger partial charge on any atom is -0.0668 e. The molecule has 1 rings (SSSR count). The summed E-state index contributed by atoms with van der Waals surface area (Å²) in [6.07, 6.45) is 4.85. The SMILES string of the molecule is CCC(C)CC(=Cc1ccccc1)C(C)C. The molecule has 1 unspecified atom stereocenters. The third-order valence-electron chi connectivity index (χ3n) is 3.17. The fourth-order valence-corrected chi connectivity index (χ4v) is 1.77. The van der Waals surface area contributed by atoms with Gasteiger partial charge in [-0.1, -0.05) is 76.1 Å². The molecule has 0 aliphatic heterocycles. The van der Waals surface area contributed by atoms with E-state index in [4.69, 9.17) is 0 Å². The van der Waals surface area contributed by atoms with Gasteiger partial charge in [-0.25, -0.2) is 0 Å². The predicted octanol–water partition coefficient (Wildman–Crippen LogP) is 5.16. The Balaban J connectivity index is 2.81. The lowest BCUT2D eigenvalue weighted by molar-refractivity contribution is 0.529. The van der Waals surface area contributed by atoms with E-state index in [9.17, 15) is 0 Å². The molecule has 0 heterocycles. The standard InChI is InChI=1S/C16H24/c1-5-14(4)11-16(13(2)3)12-15-9-7-6-8-10-15/h6-10,12-14H,5,11H2,1-4H3. The van der Waals surface area contributed by atoms with E-state index in [1.807, 2.05) is 0 Å². The molecule has 0 nitrogen and oxygen atoms in total. The van der Waals surface area contributed by atoms with Crippen LogP contribution in [0.15, 0.2) is 35.9 Å². The summed E-state index contributed by atoms with van der Waals surface area (Å²) in [6.45, 7) is 9.18. The van der Waals surface area contributed by atoms with Crippen molar-refractivity contribution in [2.75, 3.05) is 0 Å². The van der Waals surface area contributed by atoms with E-state index < -0.39 is 0 Å². The lowest BCUT2D eigenvalue weighted by Gasteiger charge is -2.16. The van der Waals surface area contributed by atoms with Gasteiger partial charge in [0.2, 0.25) is 0 Å². The van der Waals surface area contributed by atoms with Crippen LogP contribution in [0.4, 0.5) is 0 Å². The molecule has 16 heavy (non-hydrogen) atoms. The molecule has 0 spiro atoms. The Hall–Kier alpha value is -1.04. The largest absolute Gasteiger partial charge is 0.0668 e. The van der Waals surface area contributed by atoms with Gasteiger partial charge in [0.05, 0.1) is 0 Å². The molecule has 0 heteroatoms. The van der Waals surface area contributed by atoms with Gasteiger partial charge < -0.3 is 0 Å². The Labute approximate surface area is 100 Å². The molecule has 0 fully saturated rings. The van der Waals surface area contributed by atoms with Gasteiger partial charge in [-0.3, -0.25) is 0 Å². The van der Waals surface area contributed by atoms with Crippen molar-refractivity contribution >= 4 is 6.08 Å². The fraction of sp³-hybridized carbons (Fsp3) is 0.500. The average molecular weight is 216 g/mol. The van der Waals surface area contributed by atoms with Crippen molar-refractivity contribution in [3.63, 3.8) is 0 Å². The molecule has 0 N–H and O–H groups in total. The van der Waals surface area contributed by atoms with Crippen molar-refractivity contribution < 1.29 is 0 Å². The molecule has 1 aromatic carbocycles. The summed E-state index contributed by atoms with van der Waals surface area (Å²) >= 11 is 0. The zero-order valence-corrected chi connectivity index (χ0v) is 11.0. The third kappa shape index (κ3) is 4.22. The fourth-order valence-electron chi connectivity index (χ4n) is 1.77. The van der Waals surface area contributed by atoms with E-state index in [1.54, 1.807) is 5.57 Å². The van der Waals surface area contributed by atoms with Gasteiger partial charge in [0.15, 0.2) is 0 Å². The number of allylic oxidation sites excluding steroid dienone is 1. The normalized spacial score (nSPS) is 14.2. The summed E-state index contributed by atoms with van der Waals surface area (Å²) in [4.78, 5) is 0. The Kier molecular flexibility index (Phi) is 5.31. The second-order valence-electron chi connectivity index (χ2n) is 5.00. The molecular formula is C16H24. The van der Waals surface area contributed by atoms with Crippen LogP contribution in [0.5, 0.6) is 0 Å². The highest BCUT2D eigenvalue weighted by Crippen LogP contribution is 2.23. The summed E-state index contributed by atoms with van der Waals surface area (Å²) in [5, 5.41) is 0. The molecule has 0 bridgehead atoms. The Bertz CT molecular complexity index is 319. The van der Waals surface area contributed by atoms with Crippen LogP contribution in [0, 0.1) is 11.8 Å². The molecule has 0 aliphatic carbocycles. The van der Waals surface area contributed by atoms with Crippen molar-refractivity contribution in [1.82, 2.24) is 0 Å². The maximum absolute atomic E-state index is 2.36. The van der Waals surface area contributed by atoms with E-state index in [0.29, 0.717) is 5.92 Å². The van der Waals surface area contributed by atoms with Crippen molar-refractivity contribution in [3.05, 3.63) is 41.5 Å². The number of benzene rings is 1. The molecule has 0 saturated heterocycles. The van der Waals surface area contributed by atoms with Gasteiger partial charge in [-0.05, 0) is 23.8 Å².